The Morgan fingerprint density at radius 2 is 1.59 bits per heavy atom. The molecule has 1 amide bonds. The molecule has 44 heavy (non-hydrogen) atoms. The molecule has 5 atom stereocenters. The molecule has 3 aliphatic heterocycles. The van der Waals surface area contributed by atoms with Crippen molar-refractivity contribution in [1.29, 1.82) is 0 Å². The van der Waals surface area contributed by atoms with Crippen molar-refractivity contribution in [3.8, 4) is 17.2 Å². The Morgan fingerprint density at radius 3 is 2.20 bits per heavy atom. The van der Waals surface area contributed by atoms with Crippen LogP contribution in [0.3, 0.4) is 0 Å². The van der Waals surface area contributed by atoms with Crippen molar-refractivity contribution in [3.05, 3.63) is 40.9 Å². The number of likely N-dealkylation sites (tertiary alicyclic amines) is 1. The Kier molecular flexibility index (Phi) is 9.75. The maximum absolute atomic E-state index is 13.1. The Labute approximate surface area is 260 Å². The van der Waals surface area contributed by atoms with Crippen LogP contribution < -0.4 is 43.0 Å². The minimum atomic E-state index is -0.559. The van der Waals surface area contributed by atoms with Gasteiger partial charge in [0.1, 0.15) is 23.6 Å². The lowest BCUT2D eigenvalue weighted by molar-refractivity contribution is -0.0757. The van der Waals surface area contributed by atoms with Crippen LogP contribution in [0.4, 0.5) is 11.4 Å². The quantitative estimate of drug-likeness (QED) is 0.221. The number of rotatable bonds is 7. The second kappa shape index (κ2) is 13.5. The molecule has 11 N–H and O–H groups in total. The minimum absolute atomic E-state index is 0.0405. The number of phenols is 1. The highest BCUT2D eigenvalue weighted by Crippen LogP contribution is 2.36. The zero-order valence-electron chi connectivity index (χ0n) is 24.7. The SMILES string of the molecule is COc1cc(NC(=O)c2ccc(NC3=NC(N4C[C@H](N)C[C@H](N)C4)N(N4C[C@H](N)C[C@H](N)C4)C=N3)cc2O)c(OC)cc1Cl. The van der Waals surface area contributed by atoms with Crippen molar-refractivity contribution in [2.24, 2.45) is 32.9 Å². The van der Waals surface area contributed by atoms with Crippen LogP contribution in [0.5, 0.6) is 17.2 Å². The summed E-state index contributed by atoms with van der Waals surface area (Å²) in [6, 6.07) is 7.27. The zero-order chi connectivity index (χ0) is 31.5. The summed E-state index contributed by atoms with van der Waals surface area (Å²) in [5.74, 6) is 0.185. The smallest absolute Gasteiger partial charge is 0.259 e. The molecule has 0 aliphatic carbocycles. The summed E-state index contributed by atoms with van der Waals surface area (Å²) >= 11 is 6.17. The second-order valence-electron chi connectivity index (χ2n) is 11.3. The number of amides is 1. The van der Waals surface area contributed by atoms with E-state index in [0.29, 0.717) is 60.0 Å². The Balaban J connectivity index is 1.34. The molecular formula is C28H40ClN11O4. The number of carbonyl (C=O) groups excluding carboxylic acids is 1. The largest absolute Gasteiger partial charge is 0.507 e. The number of methoxy groups -OCH3 is 2. The van der Waals surface area contributed by atoms with Gasteiger partial charge in [-0.05, 0) is 25.0 Å². The van der Waals surface area contributed by atoms with E-state index in [1.807, 2.05) is 5.01 Å². The van der Waals surface area contributed by atoms with Gasteiger partial charge >= 0.3 is 0 Å². The van der Waals surface area contributed by atoms with E-state index in [1.165, 1.54) is 38.5 Å². The Morgan fingerprint density at radius 1 is 0.955 bits per heavy atom. The number of guanidine groups is 1. The second-order valence-corrected chi connectivity index (χ2v) is 11.7. The number of ether oxygens (including phenoxy) is 2. The fourth-order valence-electron chi connectivity index (χ4n) is 5.73. The standard InChI is InChI=1S/C28H40ClN11O4/c1-43-24-9-22(25(44-2)8-21(24)29)36-26(42)20-4-3-19(7-23(20)41)35-27-34-14-40(39-12-17(32)6-18(33)13-39)28(37-27)38-10-15(30)5-16(31)11-38/h3-4,7-9,14-18,28,41H,5-6,10-13,30-33H2,1-2H3,(H,35,37)(H,36,42)/t15-,16+,17-,18+,28?. The molecule has 0 saturated carbocycles. The number of nitrogens with zero attached hydrogens (tertiary/aromatic N) is 5. The van der Waals surface area contributed by atoms with Gasteiger partial charge in [0, 0.05) is 74.2 Å². The first-order chi connectivity index (χ1) is 21.0. The molecule has 0 bridgehead atoms. The van der Waals surface area contributed by atoms with Crippen LogP contribution in [0.15, 0.2) is 40.3 Å². The zero-order valence-corrected chi connectivity index (χ0v) is 25.4. The first-order valence-corrected chi connectivity index (χ1v) is 14.7. The van der Waals surface area contributed by atoms with Crippen LogP contribution in [0, 0.1) is 0 Å². The van der Waals surface area contributed by atoms with E-state index in [4.69, 9.17) is 49.0 Å². The van der Waals surface area contributed by atoms with E-state index >= 15 is 0 Å². The van der Waals surface area contributed by atoms with Crippen LogP contribution in [-0.4, -0.2) is 109 Å². The van der Waals surface area contributed by atoms with Crippen molar-refractivity contribution in [1.82, 2.24) is 14.9 Å². The number of anilines is 2. The molecule has 3 aliphatic rings. The van der Waals surface area contributed by atoms with Gasteiger partial charge in [-0.15, -0.1) is 0 Å². The van der Waals surface area contributed by atoms with Crippen LogP contribution in [-0.2, 0) is 0 Å². The van der Waals surface area contributed by atoms with Crippen molar-refractivity contribution in [3.63, 3.8) is 0 Å². The van der Waals surface area contributed by atoms with Crippen LogP contribution >= 0.6 is 11.6 Å². The third kappa shape index (κ3) is 7.15. The highest BCUT2D eigenvalue weighted by Gasteiger charge is 2.37. The number of hydrogen-bond donors (Lipinski definition) is 7. The maximum atomic E-state index is 13.1. The van der Waals surface area contributed by atoms with E-state index in [2.05, 4.69) is 25.5 Å². The van der Waals surface area contributed by atoms with Crippen LogP contribution in [0.2, 0.25) is 5.02 Å². The third-order valence-electron chi connectivity index (χ3n) is 7.69. The number of nitrogens with two attached hydrogens (primary N) is 4. The van der Waals surface area contributed by atoms with E-state index in [1.54, 1.807) is 12.4 Å². The molecule has 2 saturated heterocycles. The third-order valence-corrected chi connectivity index (χ3v) is 7.98. The molecule has 2 aromatic carbocycles. The topological polar surface area (TPSA) is 218 Å². The number of hydrogen-bond acceptors (Lipinski definition) is 14. The number of nitrogens with one attached hydrogen (secondary N) is 2. The number of phenolic OH excluding ortho intramolecular Hbond substituents is 1. The van der Waals surface area contributed by atoms with Gasteiger partial charge in [0.2, 0.25) is 5.96 Å². The minimum Gasteiger partial charge on any atom is -0.507 e. The molecular weight excluding hydrogens is 590 g/mol. The molecule has 2 fully saturated rings. The number of carbonyl (C=O) groups is 1. The molecule has 15 nitrogen and oxygen atoms in total. The van der Waals surface area contributed by atoms with E-state index < -0.39 is 12.2 Å². The maximum Gasteiger partial charge on any atom is 0.259 e. The highest BCUT2D eigenvalue weighted by atomic mass is 35.5. The van der Waals surface area contributed by atoms with Gasteiger partial charge in [0.15, 0.2) is 6.29 Å². The molecule has 2 aromatic rings. The predicted octanol–water partition coefficient (Wildman–Crippen LogP) is 0.346. The lowest BCUT2D eigenvalue weighted by Crippen LogP contribution is -2.66. The number of hydrazine groups is 1. The first-order valence-electron chi connectivity index (χ1n) is 14.3. The van der Waals surface area contributed by atoms with Crippen molar-refractivity contribution in [2.45, 2.75) is 43.3 Å². The molecule has 0 aromatic heterocycles. The van der Waals surface area contributed by atoms with Gasteiger partial charge in [-0.25, -0.2) is 15.0 Å². The van der Waals surface area contributed by atoms with E-state index in [9.17, 15) is 9.90 Å². The normalized spacial score (nSPS) is 26.2. The van der Waals surface area contributed by atoms with E-state index in [-0.39, 0.29) is 35.5 Å². The van der Waals surface area contributed by atoms with Gasteiger partial charge in [0.25, 0.3) is 5.91 Å². The summed E-state index contributed by atoms with van der Waals surface area (Å²) in [5.41, 5.74) is 26.0. The number of benzene rings is 2. The molecule has 0 spiro atoms. The van der Waals surface area contributed by atoms with Gasteiger partial charge < -0.3 is 48.1 Å². The number of piperidine rings is 2. The fraction of sp³-hybridized carbons (Fsp3) is 0.464. The number of aliphatic imine (C=N–C) groups is 2. The molecule has 1 unspecified atom stereocenters. The summed E-state index contributed by atoms with van der Waals surface area (Å²) in [6.45, 7) is 2.40. The number of aromatic hydroxyl groups is 1. The first kappa shape index (κ1) is 31.7. The van der Waals surface area contributed by atoms with Gasteiger partial charge in [0.05, 0.1) is 30.5 Å². The summed E-state index contributed by atoms with van der Waals surface area (Å²) in [6.07, 6.45) is 2.66. The van der Waals surface area contributed by atoms with Crippen molar-refractivity contribution >= 4 is 41.2 Å². The molecule has 3 heterocycles. The molecule has 0 radical (unpaired) electrons. The van der Waals surface area contributed by atoms with Crippen molar-refractivity contribution in [2.75, 3.05) is 51.0 Å². The van der Waals surface area contributed by atoms with Crippen LogP contribution in [0.1, 0.15) is 23.2 Å². The summed E-state index contributed by atoms with van der Waals surface area (Å²) in [7, 11) is 2.92. The fourth-order valence-corrected chi connectivity index (χ4v) is 5.96. The molecule has 16 heteroatoms. The Bertz CT molecular complexity index is 1410. The molecule has 238 valence electrons. The molecule has 5 rings (SSSR count). The number of halogens is 1. The average Bonchev–Trinajstić information content (AvgIpc) is 2.96. The van der Waals surface area contributed by atoms with Crippen LogP contribution in [0.25, 0.3) is 0 Å². The monoisotopic (exact) mass is 629 g/mol. The van der Waals surface area contributed by atoms with E-state index in [0.717, 1.165) is 12.8 Å². The lowest BCUT2D eigenvalue weighted by atomic mass is 10.0. The van der Waals surface area contributed by atoms with Crippen molar-refractivity contribution < 1.29 is 19.4 Å². The van der Waals surface area contributed by atoms with Gasteiger partial charge in [-0.2, -0.15) is 0 Å². The van der Waals surface area contributed by atoms with Gasteiger partial charge in [-0.3, -0.25) is 14.7 Å². The summed E-state index contributed by atoms with van der Waals surface area (Å²) in [5, 5.41) is 21.0. The average molecular weight is 630 g/mol. The van der Waals surface area contributed by atoms with Gasteiger partial charge in [-0.1, -0.05) is 11.6 Å². The summed E-state index contributed by atoms with van der Waals surface area (Å²) < 4.78 is 10.6. The summed E-state index contributed by atoms with van der Waals surface area (Å²) in [4.78, 5) is 24.6. The lowest BCUT2D eigenvalue weighted by Gasteiger charge is -2.48. The Hall–Kier alpha value is -3.70. The predicted molar refractivity (Wildman–Crippen MR) is 170 cm³/mol. The highest BCUT2D eigenvalue weighted by molar-refractivity contribution is 6.32.